The van der Waals surface area contributed by atoms with Crippen LogP contribution in [0.5, 0.6) is 5.75 Å². The Hall–Kier alpha value is -2.29. The molecule has 0 bridgehead atoms. The lowest BCUT2D eigenvalue weighted by atomic mass is 10.1. The number of para-hydroxylation sites is 1. The quantitative estimate of drug-likeness (QED) is 0.925. The number of rotatable bonds is 4. The average Bonchev–Trinajstić information content (AvgIpc) is 2.90. The number of nitrogens with zero attached hydrogens (tertiary/aromatic N) is 1. The highest BCUT2D eigenvalue weighted by atomic mass is 16.5. The van der Waals surface area contributed by atoms with E-state index in [1.165, 1.54) is 5.56 Å². The smallest absolute Gasteiger partial charge is 0.188 e. The molecule has 3 nitrogen and oxygen atoms in total. The number of ether oxygens (including phenoxy) is 1. The summed E-state index contributed by atoms with van der Waals surface area (Å²) in [4.78, 5) is 4.60. The van der Waals surface area contributed by atoms with Gasteiger partial charge in [-0.25, -0.2) is 4.99 Å². The molecule has 1 aliphatic rings. The Bertz CT molecular complexity index is 607. The number of benzene rings is 2. The molecule has 0 saturated heterocycles. The van der Waals surface area contributed by atoms with Crippen molar-refractivity contribution in [2.45, 2.75) is 18.9 Å². The standard InChI is InChI=1S/C17H17NO2/c19-16-9-5-4-8-14(16)11-17-18-15(12-20-17)10-13-6-2-1-3-7-13/h1-9,15,19H,10-12H2/t15-/m0/s1. The van der Waals surface area contributed by atoms with Crippen LogP contribution in [-0.4, -0.2) is 23.7 Å². The van der Waals surface area contributed by atoms with E-state index >= 15 is 0 Å². The summed E-state index contributed by atoms with van der Waals surface area (Å²) in [5, 5.41) is 9.76. The van der Waals surface area contributed by atoms with E-state index in [0.29, 0.717) is 24.7 Å². The number of hydrogen-bond acceptors (Lipinski definition) is 3. The van der Waals surface area contributed by atoms with Gasteiger partial charge < -0.3 is 9.84 Å². The molecule has 0 radical (unpaired) electrons. The van der Waals surface area contributed by atoms with Crippen LogP contribution in [0.4, 0.5) is 0 Å². The van der Waals surface area contributed by atoms with E-state index in [9.17, 15) is 5.11 Å². The third-order valence-electron chi connectivity index (χ3n) is 3.42. The fourth-order valence-electron chi connectivity index (χ4n) is 2.38. The maximum absolute atomic E-state index is 9.76. The molecule has 2 aromatic carbocycles. The van der Waals surface area contributed by atoms with Gasteiger partial charge in [-0.05, 0) is 18.1 Å². The van der Waals surface area contributed by atoms with E-state index in [2.05, 4.69) is 17.1 Å². The number of phenols is 1. The van der Waals surface area contributed by atoms with Crippen molar-refractivity contribution >= 4 is 5.90 Å². The first-order valence-electron chi connectivity index (χ1n) is 6.81. The van der Waals surface area contributed by atoms with Crippen molar-refractivity contribution in [3.8, 4) is 5.75 Å². The molecule has 0 aromatic heterocycles. The minimum Gasteiger partial charge on any atom is -0.508 e. The first-order valence-corrected chi connectivity index (χ1v) is 6.81. The molecule has 1 N–H and O–H groups in total. The Kier molecular flexibility index (Phi) is 3.68. The van der Waals surface area contributed by atoms with Gasteiger partial charge in [0, 0.05) is 5.56 Å². The van der Waals surface area contributed by atoms with Crippen molar-refractivity contribution in [2.24, 2.45) is 4.99 Å². The van der Waals surface area contributed by atoms with E-state index in [1.807, 2.05) is 36.4 Å². The van der Waals surface area contributed by atoms with Gasteiger partial charge in [-0.15, -0.1) is 0 Å². The second kappa shape index (κ2) is 5.78. The lowest BCUT2D eigenvalue weighted by Gasteiger charge is -2.04. The molecule has 102 valence electrons. The largest absolute Gasteiger partial charge is 0.508 e. The van der Waals surface area contributed by atoms with Crippen LogP contribution >= 0.6 is 0 Å². The molecule has 1 aliphatic heterocycles. The normalized spacial score (nSPS) is 17.6. The van der Waals surface area contributed by atoms with Crippen molar-refractivity contribution in [3.05, 3.63) is 65.7 Å². The predicted octanol–water partition coefficient (Wildman–Crippen LogP) is 2.97. The second-order valence-electron chi connectivity index (χ2n) is 4.98. The fraction of sp³-hybridized carbons (Fsp3) is 0.235. The molecule has 0 spiro atoms. The predicted molar refractivity (Wildman–Crippen MR) is 79.1 cm³/mol. The summed E-state index contributed by atoms with van der Waals surface area (Å²) >= 11 is 0. The van der Waals surface area contributed by atoms with Crippen molar-refractivity contribution in [2.75, 3.05) is 6.61 Å². The highest BCUT2D eigenvalue weighted by Crippen LogP contribution is 2.19. The van der Waals surface area contributed by atoms with E-state index in [0.717, 1.165) is 12.0 Å². The van der Waals surface area contributed by atoms with Crippen molar-refractivity contribution in [1.29, 1.82) is 0 Å². The minimum absolute atomic E-state index is 0.179. The molecule has 0 fully saturated rings. The molecule has 20 heavy (non-hydrogen) atoms. The van der Waals surface area contributed by atoms with Gasteiger partial charge in [0.05, 0.1) is 12.5 Å². The van der Waals surface area contributed by atoms with Crippen LogP contribution in [0.3, 0.4) is 0 Å². The van der Waals surface area contributed by atoms with E-state index in [1.54, 1.807) is 6.07 Å². The summed E-state index contributed by atoms with van der Waals surface area (Å²) in [7, 11) is 0. The van der Waals surface area contributed by atoms with Gasteiger partial charge in [-0.1, -0.05) is 48.5 Å². The number of hydrogen-bond donors (Lipinski definition) is 1. The lowest BCUT2D eigenvalue weighted by molar-refractivity contribution is 0.310. The Morgan fingerprint density at radius 1 is 1.05 bits per heavy atom. The van der Waals surface area contributed by atoms with Gasteiger partial charge in [-0.3, -0.25) is 0 Å². The van der Waals surface area contributed by atoms with Gasteiger partial charge in [0.15, 0.2) is 5.90 Å². The molecule has 2 aromatic rings. The molecule has 0 amide bonds. The third-order valence-corrected chi connectivity index (χ3v) is 3.42. The SMILES string of the molecule is Oc1ccccc1CC1=N[C@@H](Cc2ccccc2)CO1. The van der Waals surface area contributed by atoms with Crippen molar-refractivity contribution in [3.63, 3.8) is 0 Å². The molecular formula is C17H17NO2. The second-order valence-corrected chi connectivity index (χ2v) is 4.98. The molecule has 0 saturated carbocycles. The zero-order valence-electron chi connectivity index (χ0n) is 11.2. The van der Waals surface area contributed by atoms with Gasteiger partial charge in [0.1, 0.15) is 12.4 Å². The number of phenolic OH excluding ortho intramolecular Hbond substituents is 1. The summed E-state index contributed by atoms with van der Waals surface area (Å²) in [6.45, 7) is 0.623. The van der Waals surface area contributed by atoms with Crippen LogP contribution in [0, 0.1) is 0 Å². The summed E-state index contributed by atoms with van der Waals surface area (Å²) < 4.78 is 5.64. The Balaban J connectivity index is 1.65. The highest BCUT2D eigenvalue weighted by Gasteiger charge is 2.19. The van der Waals surface area contributed by atoms with E-state index in [-0.39, 0.29) is 6.04 Å². The van der Waals surface area contributed by atoms with Gasteiger partial charge in [0.2, 0.25) is 0 Å². The lowest BCUT2D eigenvalue weighted by Crippen LogP contribution is -2.09. The summed E-state index contributed by atoms with van der Waals surface area (Å²) in [6, 6.07) is 17.8. The summed E-state index contributed by atoms with van der Waals surface area (Å²) in [5.41, 5.74) is 2.13. The molecule has 3 heteroatoms. The first kappa shape index (κ1) is 12.7. The first-order chi connectivity index (χ1) is 9.81. The molecule has 3 rings (SSSR count). The molecule has 0 aliphatic carbocycles. The zero-order chi connectivity index (χ0) is 13.8. The van der Waals surface area contributed by atoms with E-state index in [4.69, 9.17) is 4.74 Å². The van der Waals surface area contributed by atoms with Crippen LogP contribution in [0.25, 0.3) is 0 Å². The maximum Gasteiger partial charge on any atom is 0.188 e. The Morgan fingerprint density at radius 2 is 1.80 bits per heavy atom. The average molecular weight is 267 g/mol. The zero-order valence-corrected chi connectivity index (χ0v) is 11.2. The maximum atomic E-state index is 9.76. The van der Waals surface area contributed by atoms with Crippen LogP contribution in [0.15, 0.2) is 59.6 Å². The van der Waals surface area contributed by atoms with Gasteiger partial charge >= 0.3 is 0 Å². The Labute approximate surface area is 118 Å². The van der Waals surface area contributed by atoms with Gasteiger partial charge in [-0.2, -0.15) is 0 Å². The molecule has 1 heterocycles. The fourth-order valence-corrected chi connectivity index (χ4v) is 2.38. The number of aliphatic imine (C=N–C) groups is 1. The third kappa shape index (κ3) is 2.99. The topological polar surface area (TPSA) is 41.8 Å². The summed E-state index contributed by atoms with van der Waals surface area (Å²) in [5.74, 6) is 1.01. The van der Waals surface area contributed by atoms with Crippen LogP contribution in [0.2, 0.25) is 0 Å². The van der Waals surface area contributed by atoms with Crippen LogP contribution in [0.1, 0.15) is 11.1 Å². The van der Waals surface area contributed by atoms with Crippen LogP contribution in [-0.2, 0) is 17.6 Å². The molecular weight excluding hydrogens is 250 g/mol. The monoisotopic (exact) mass is 267 g/mol. The summed E-state index contributed by atoms with van der Waals surface area (Å²) in [6.07, 6.45) is 1.45. The highest BCUT2D eigenvalue weighted by molar-refractivity contribution is 5.80. The van der Waals surface area contributed by atoms with Crippen LogP contribution < -0.4 is 0 Å². The van der Waals surface area contributed by atoms with Gasteiger partial charge in [0.25, 0.3) is 0 Å². The molecule has 0 unspecified atom stereocenters. The molecule has 1 atom stereocenters. The Morgan fingerprint density at radius 3 is 2.60 bits per heavy atom. The van der Waals surface area contributed by atoms with Crippen molar-refractivity contribution in [1.82, 2.24) is 0 Å². The number of aromatic hydroxyl groups is 1. The van der Waals surface area contributed by atoms with Crippen molar-refractivity contribution < 1.29 is 9.84 Å². The van der Waals surface area contributed by atoms with E-state index < -0.39 is 0 Å². The minimum atomic E-state index is 0.179.